The van der Waals surface area contributed by atoms with Gasteiger partial charge in [-0.2, -0.15) is 0 Å². The number of carbonyl (C=O) groups is 1. The van der Waals surface area contributed by atoms with E-state index in [1.807, 2.05) is 4.90 Å². The molecule has 1 aromatic rings. The monoisotopic (exact) mass is 354 g/mol. The molecule has 0 aliphatic carbocycles. The number of nitrogens with zero attached hydrogens (tertiary/aromatic N) is 2. The van der Waals surface area contributed by atoms with Gasteiger partial charge in [0.2, 0.25) is 0 Å². The number of piperidine rings is 1. The SMILES string of the molecule is COCC1CC2(CCN(C(=O)c3ccc(F)c(Cl)c3)CC2)CN1C. The Morgan fingerprint density at radius 3 is 2.75 bits per heavy atom. The topological polar surface area (TPSA) is 32.8 Å². The molecule has 0 saturated carbocycles. The van der Waals surface area contributed by atoms with Crippen molar-refractivity contribution < 1.29 is 13.9 Å². The lowest BCUT2D eigenvalue weighted by molar-refractivity contribution is 0.0592. The maximum atomic E-state index is 13.3. The highest BCUT2D eigenvalue weighted by atomic mass is 35.5. The van der Waals surface area contributed by atoms with Crippen LogP contribution in [-0.2, 0) is 4.74 Å². The molecule has 1 amide bonds. The molecule has 1 aromatic carbocycles. The number of halogens is 2. The standard InChI is InChI=1S/C18H24ClFN2O2/c1-21-12-18(10-14(21)11-24-2)5-7-22(8-6-18)17(23)13-3-4-16(20)15(19)9-13/h3-4,9,14H,5-8,10-12H2,1-2H3. The summed E-state index contributed by atoms with van der Waals surface area (Å²) in [6.45, 7) is 3.29. The number of hydrogen-bond donors (Lipinski definition) is 0. The molecule has 24 heavy (non-hydrogen) atoms. The lowest BCUT2D eigenvalue weighted by Crippen LogP contribution is -2.44. The summed E-state index contributed by atoms with van der Waals surface area (Å²) in [7, 11) is 3.89. The highest BCUT2D eigenvalue weighted by Gasteiger charge is 2.44. The van der Waals surface area contributed by atoms with E-state index in [9.17, 15) is 9.18 Å². The summed E-state index contributed by atoms with van der Waals surface area (Å²) in [4.78, 5) is 16.8. The number of rotatable bonds is 3. The highest BCUT2D eigenvalue weighted by Crippen LogP contribution is 2.43. The molecule has 0 N–H and O–H groups in total. The number of methoxy groups -OCH3 is 1. The minimum absolute atomic E-state index is 0.00541. The van der Waals surface area contributed by atoms with Gasteiger partial charge in [-0.05, 0) is 49.9 Å². The van der Waals surface area contributed by atoms with Crippen molar-refractivity contribution in [1.82, 2.24) is 9.80 Å². The summed E-state index contributed by atoms with van der Waals surface area (Å²) in [6.07, 6.45) is 3.12. The van der Waals surface area contributed by atoms with E-state index in [-0.39, 0.29) is 16.3 Å². The van der Waals surface area contributed by atoms with Crippen LogP contribution < -0.4 is 0 Å². The molecule has 3 rings (SSSR count). The molecule has 2 heterocycles. The molecule has 1 spiro atoms. The molecule has 1 atom stereocenters. The summed E-state index contributed by atoms with van der Waals surface area (Å²) < 4.78 is 18.6. The third kappa shape index (κ3) is 3.44. The van der Waals surface area contributed by atoms with Crippen molar-refractivity contribution in [1.29, 1.82) is 0 Å². The predicted octanol–water partition coefficient (Wildman–Crippen LogP) is 3.05. The van der Waals surface area contributed by atoms with Crippen molar-refractivity contribution in [2.75, 3.05) is 40.4 Å². The Labute approximate surface area is 147 Å². The maximum absolute atomic E-state index is 13.3. The first-order valence-electron chi connectivity index (χ1n) is 8.38. The number of benzene rings is 1. The second kappa shape index (κ2) is 6.98. The maximum Gasteiger partial charge on any atom is 0.253 e. The molecule has 2 saturated heterocycles. The number of amides is 1. The van der Waals surface area contributed by atoms with Crippen LogP contribution in [0.1, 0.15) is 29.6 Å². The zero-order chi connectivity index (χ0) is 17.3. The van der Waals surface area contributed by atoms with Crippen LogP contribution in [0.2, 0.25) is 5.02 Å². The van der Waals surface area contributed by atoms with Crippen LogP contribution in [0.5, 0.6) is 0 Å². The van der Waals surface area contributed by atoms with Gasteiger partial charge in [-0.3, -0.25) is 4.79 Å². The van der Waals surface area contributed by atoms with Gasteiger partial charge >= 0.3 is 0 Å². The fourth-order valence-corrected chi connectivity index (χ4v) is 4.30. The van der Waals surface area contributed by atoms with Gasteiger partial charge < -0.3 is 14.5 Å². The van der Waals surface area contributed by atoms with E-state index in [4.69, 9.17) is 16.3 Å². The van der Waals surface area contributed by atoms with Gasteiger partial charge in [-0.15, -0.1) is 0 Å². The van der Waals surface area contributed by atoms with Crippen molar-refractivity contribution in [2.24, 2.45) is 5.41 Å². The largest absolute Gasteiger partial charge is 0.383 e. The normalized spacial score (nSPS) is 23.8. The van der Waals surface area contributed by atoms with Crippen molar-refractivity contribution in [3.63, 3.8) is 0 Å². The Hall–Kier alpha value is -1.17. The van der Waals surface area contributed by atoms with E-state index < -0.39 is 5.82 Å². The smallest absolute Gasteiger partial charge is 0.253 e. The van der Waals surface area contributed by atoms with Crippen LogP contribution in [0.15, 0.2) is 18.2 Å². The van der Waals surface area contributed by atoms with Gasteiger partial charge in [0, 0.05) is 38.3 Å². The Kier molecular flexibility index (Phi) is 5.13. The molecule has 4 nitrogen and oxygen atoms in total. The summed E-state index contributed by atoms with van der Waals surface area (Å²) >= 11 is 5.79. The van der Waals surface area contributed by atoms with Crippen LogP contribution in [0, 0.1) is 11.2 Å². The van der Waals surface area contributed by atoms with Gasteiger partial charge in [-0.1, -0.05) is 11.6 Å². The molecular formula is C18H24ClFN2O2. The minimum Gasteiger partial charge on any atom is -0.383 e. The molecule has 2 aliphatic heterocycles. The Morgan fingerprint density at radius 1 is 1.42 bits per heavy atom. The van der Waals surface area contributed by atoms with Crippen LogP contribution in [-0.4, -0.2) is 62.1 Å². The first-order valence-corrected chi connectivity index (χ1v) is 8.75. The fraction of sp³-hybridized carbons (Fsp3) is 0.611. The number of carbonyl (C=O) groups excluding carboxylic acids is 1. The van der Waals surface area contributed by atoms with Gasteiger partial charge in [0.1, 0.15) is 5.82 Å². The highest BCUT2D eigenvalue weighted by molar-refractivity contribution is 6.31. The van der Waals surface area contributed by atoms with E-state index in [0.29, 0.717) is 11.6 Å². The first kappa shape index (κ1) is 17.6. The Balaban J connectivity index is 1.63. The zero-order valence-corrected chi connectivity index (χ0v) is 15.0. The second-order valence-electron chi connectivity index (χ2n) is 7.15. The zero-order valence-electron chi connectivity index (χ0n) is 14.2. The summed E-state index contributed by atoms with van der Waals surface area (Å²) in [5.41, 5.74) is 0.743. The number of hydrogen-bond acceptors (Lipinski definition) is 3. The summed E-state index contributed by atoms with van der Waals surface area (Å²) in [5, 5.41) is -0.00541. The van der Waals surface area contributed by atoms with E-state index in [0.717, 1.165) is 45.5 Å². The molecule has 132 valence electrons. The van der Waals surface area contributed by atoms with Crippen LogP contribution in [0.4, 0.5) is 4.39 Å². The number of likely N-dealkylation sites (tertiary alicyclic amines) is 2. The van der Waals surface area contributed by atoms with Crippen molar-refractivity contribution in [2.45, 2.75) is 25.3 Å². The Bertz CT molecular complexity index is 617. The van der Waals surface area contributed by atoms with Gasteiger partial charge in [-0.25, -0.2) is 4.39 Å². The number of ether oxygens (including phenoxy) is 1. The predicted molar refractivity (Wildman–Crippen MR) is 91.9 cm³/mol. The Morgan fingerprint density at radius 2 is 2.12 bits per heavy atom. The van der Waals surface area contributed by atoms with E-state index in [2.05, 4.69) is 11.9 Å². The van der Waals surface area contributed by atoms with Gasteiger partial charge in [0.05, 0.1) is 11.6 Å². The van der Waals surface area contributed by atoms with E-state index in [1.165, 1.54) is 18.2 Å². The molecule has 0 aromatic heterocycles. The van der Waals surface area contributed by atoms with Crippen molar-refractivity contribution >= 4 is 17.5 Å². The van der Waals surface area contributed by atoms with Crippen LogP contribution in [0.3, 0.4) is 0 Å². The van der Waals surface area contributed by atoms with Crippen LogP contribution in [0.25, 0.3) is 0 Å². The van der Waals surface area contributed by atoms with Crippen LogP contribution >= 0.6 is 11.6 Å². The quantitative estimate of drug-likeness (QED) is 0.836. The molecule has 0 radical (unpaired) electrons. The molecule has 1 unspecified atom stereocenters. The number of likely N-dealkylation sites (N-methyl/N-ethyl adjacent to an activating group) is 1. The molecule has 0 bridgehead atoms. The second-order valence-corrected chi connectivity index (χ2v) is 7.56. The first-order chi connectivity index (χ1) is 11.4. The lowest BCUT2D eigenvalue weighted by atomic mass is 9.76. The van der Waals surface area contributed by atoms with Crippen molar-refractivity contribution in [3.05, 3.63) is 34.6 Å². The molecule has 6 heteroatoms. The third-order valence-corrected chi connectivity index (χ3v) is 5.80. The lowest BCUT2D eigenvalue weighted by Gasteiger charge is -2.39. The molecular weight excluding hydrogens is 331 g/mol. The minimum atomic E-state index is -0.496. The molecule has 2 fully saturated rings. The van der Waals surface area contributed by atoms with Gasteiger partial charge in [0.25, 0.3) is 5.91 Å². The summed E-state index contributed by atoms with van der Waals surface area (Å²) in [6, 6.07) is 4.64. The van der Waals surface area contributed by atoms with E-state index in [1.54, 1.807) is 7.11 Å². The third-order valence-electron chi connectivity index (χ3n) is 5.51. The summed E-state index contributed by atoms with van der Waals surface area (Å²) in [5.74, 6) is -0.560. The van der Waals surface area contributed by atoms with Crippen molar-refractivity contribution in [3.8, 4) is 0 Å². The van der Waals surface area contributed by atoms with E-state index >= 15 is 0 Å². The average Bonchev–Trinajstić information content (AvgIpc) is 2.86. The van der Waals surface area contributed by atoms with Gasteiger partial charge in [0.15, 0.2) is 0 Å². The average molecular weight is 355 g/mol. The fourth-order valence-electron chi connectivity index (χ4n) is 4.12. The molecule has 2 aliphatic rings.